The van der Waals surface area contributed by atoms with Gasteiger partial charge in [0.1, 0.15) is 0 Å². The molecule has 1 heterocycles. The molecule has 1 aromatic rings. The van der Waals surface area contributed by atoms with Crippen molar-refractivity contribution in [1.29, 1.82) is 5.26 Å². The highest BCUT2D eigenvalue weighted by molar-refractivity contribution is 8.77. The highest BCUT2D eigenvalue weighted by atomic mass is 33.1. The second-order valence-corrected chi connectivity index (χ2v) is 9.46. The number of nitriles is 1. The molecule has 23 heavy (non-hydrogen) atoms. The molecule has 6 heteroatoms. The summed E-state index contributed by atoms with van der Waals surface area (Å²) < 4.78 is 12.0. The Hall–Kier alpha value is -0.240. The lowest BCUT2D eigenvalue weighted by Gasteiger charge is -2.37. The van der Waals surface area contributed by atoms with Crippen LogP contribution in [0.3, 0.4) is 0 Å². The molecule has 3 atom stereocenters. The topological polar surface area (TPSA) is 42.2 Å². The molecule has 1 saturated heterocycles. The minimum atomic E-state index is 0.0274. The van der Waals surface area contributed by atoms with Gasteiger partial charge in [0.15, 0.2) is 9.03 Å². The first-order valence-electron chi connectivity index (χ1n) is 8.14. The van der Waals surface area contributed by atoms with Crippen LogP contribution in [-0.2, 0) is 9.05 Å². The quantitative estimate of drug-likeness (QED) is 0.369. The molecule has 0 aromatic heterocycles. The van der Waals surface area contributed by atoms with Crippen molar-refractivity contribution >= 4 is 30.6 Å². The van der Waals surface area contributed by atoms with Crippen LogP contribution in [0.25, 0.3) is 0 Å². The Kier molecular flexibility index (Phi) is 6.68. The van der Waals surface area contributed by atoms with E-state index in [4.69, 9.17) is 14.3 Å². The van der Waals surface area contributed by atoms with E-state index in [-0.39, 0.29) is 19.9 Å². The molecule has 1 aliphatic carbocycles. The number of hydrogen-bond donors (Lipinski definition) is 0. The fourth-order valence-electron chi connectivity index (χ4n) is 3.31. The van der Waals surface area contributed by atoms with E-state index in [0.717, 1.165) is 0 Å². The zero-order valence-corrected chi connectivity index (χ0v) is 15.7. The maximum Gasteiger partial charge on any atom is 0.155 e. The Morgan fingerprint density at radius 2 is 2.00 bits per heavy atom. The average molecular weight is 367 g/mol. The summed E-state index contributed by atoms with van der Waals surface area (Å²) in [6.07, 6.45) is 7.04. The predicted molar refractivity (Wildman–Crippen MR) is 99.6 cm³/mol. The molecule has 1 aromatic carbocycles. The average Bonchev–Trinajstić information content (AvgIpc) is 2.94. The highest BCUT2D eigenvalue weighted by Crippen LogP contribution is 2.64. The number of nitrogens with zero attached hydrogens (tertiary/aromatic N) is 1. The van der Waals surface area contributed by atoms with Gasteiger partial charge in [-0.25, -0.2) is 0 Å². The molecule has 1 spiro atoms. The van der Waals surface area contributed by atoms with Gasteiger partial charge in [-0.2, -0.15) is 5.26 Å². The zero-order valence-electron chi connectivity index (χ0n) is 13.1. The standard InChI is InChI=1S/C17H22NO2PS2/c18-12-7-13-19-21-20-16-15(14-8-3-1-4-9-14)22-23-17(16)10-5-2-6-11-17/h1,3-4,8-9,15-16,21H,2,5-7,10-11,13H2/t15-,16?/m0/s1. The van der Waals surface area contributed by atoms with Crippen LogP contribution in [0.15, 0.2) is 30.3 Å². The van der Waals surface area contributed by atoms with Crippen LogP contribution >= 0.6 is 30.6 Å². The van der Waals surface area contributed by atoms with Crippen molar-refractivity contribution in [3.63, 3.8) is 0 Å². The number of rotatable bonds is 6. The van der Waals surface area contributed by atoms with Gasteiger partial charge in [0.25, 0.3) is 0 Å². The van der Waals surface area contributed by atoms with Gasteiger partial charge in [0.2, 0.25) is 0 Å². The van der Waals surface area contributed by atoms with Crippen molar-refractivity contribution in [3.05, 3.63) is 35.9 Å². The fourth-order valence-corrected chi connectivity index (χ4v) is 8.32. The smallest absolute Gasteiger partial charge is 0.155 e. The van der Waals surface area contributed by atoms with Crippen LogP contribution in [0.5, 0.6) is 0 Å². The molecule has 124 valence electrons. The normalized spacial score (nSPS) is 26.7. The zero-order chi connectivity index (χ0) is 16.0. The first-order valence-corrected chi connectivity index (χ1v) is 11.2. The molecular weight excluding hydrogens is 345 g/mol. The van der Waals surface area contributed by atoms with Gasteiger partial charge in [-0.3, -0.25) is 0 Å². The lowest BCUT2D eigenvalue weighted by molar-refractivity contribution is 0.130. The molecule has 3 nitrogen and oxygen atoms in total. The minimum absolute atomic E-state index is 0.0274. The van der Waals surface area contributed by atoms with Crippen LogP contribution in [0.4, 0.5) is 0 Å². The van der Waals surface area contributed by atoms with Crippen molar-refractivity contribution in [2.75, 3.05) is 6.61 Å². The van der Waals surface area contributed by atoms with Crippen LogP contribution < -0.4 is 0 Å². The Bertz CT molecular complexity index is 531. The number of benzene rings is 1. The summed E-state index contributed by atoms with van der Waals surface area (Å²) in [6.45, 7) is 0.463. The minimum Gasteiger partial charge on any atom is -0.335 e. The largest absolute Gasteiger partial charge is 0.335 e. The molecule has 0 bridgehead atoms. The van der Waals surface area contributed by atoms with E-state index < -0.39 is 0 Å². The molecule has 0 amide bonds. The molecule has 0 N–H and O–H groups in total. The molecule has 3 rings (SSSR count). The van der Waals surface area contributed by atoms with E-state index in [9.17, 15) is 0 Å². The molecular formula is C17H22NO2PS2. The summed E-state index contributed by atoms with van der Waals surface area (Å²) in [4.78, 5) is 0. The first kappa shape index (κ1) is 17.6. The Labute approximate surface area is 148 Å². The van der Waals surface area contributed by atoms with Crippen LogP contribution in [-0.4, -0.2) is 17.5 Å². The van der Waals surface area contributed by atoms with Crippen molar-refractivity contribution in [2.45, 2.75) is 54.6 Å². The second kappa shape index (κ2) is 8.74. The summed E-state index contributed by atoms with van der Waals surface area (Å²) in [5.41, 5.74) is 1.35. The van der Waals surface area contributed by atoms with Gasteiger partial charge >= 0.3 is 0 Å². The summed E-state index contributed by atoms with van der Waals surface area (Å²) >= 11 is 0. The maximum atomic E-state index is 8.59. The predicted octanol–water partition coefficient (Wildman–Crippen LogP) is 5.65. The lowest BCUT2D eigenvalue weighted by Crippen LogP contribution is -2.40. The van der Waals surface area contributed by atoms with E-state index in [1.165, 1.54) is 37.7 Å². The van der Waals surface area contributed by atoms with Crippen molar-refractivity contribution in [2.24, 2.45) is 0 Å². The maximum absolute atomic E-state index is 8.59. The molecule has 2 fully saturated rings. The SMILES string of the molecule is N#CCCOPOC1[C@H](c2ccccc2)SSC12CCCCC2. The van der Waals surface area contributed by atoms with Crippen LogP contribution in [0, 0.1) is 11.3 Å². The lowest BCUT2D eigenvalue weighted by atomic mass is 9.82. The second-order valence-electron chi connectivity index (χ2n) is 6.01. The van der Waals surface area contributed by atoms with Gasteiger partial charge < -0.3 is 9.05 Å². The van der Waals surface area contributed by atoms with Crippen molar-refractivity contribution < 1.29 is 9.05 Å². The summed E-state index contributed by atoms with van der Waals surface area (Å²) in [5.74, 6) is 0. The summed E-state index contributed by atoms with van der Waals surface area (Å²) in [7, 11) is 4.03. The van der Waals surface area contributed by atoms with E-state index in [0.29, 0.717) is 18.3 Å². The van der Waals surface area contributed by atoms with Gasteiger partial charge in [-0.1, -0.05) is 71.2 Å². The third-order valence-corrected chi connectivity index (χ3v) is 8.86. The first-order chi connectivity index (χ1) is 11.4. The van der Waals surface area contributed by atoms with Crippen LogP contribution in [0.1, 0.15) is 49.3 Å². The molecule has 2 unspecified atom stereocenters. The van der Waals surface area contributed by atoms with Crippen molar-refractivity contribution in [3.8, 4) is 6.07 Å². The molecule has 1 aliphatic heterocycles. The Balaban J connectivity index is 1.70. The Morgan fingerprint density at radius 3 is 2.74 bits per heavy atom. The highest BCUT2D eigenvalue weighted by Gasteiger charge is 2.52. The Morgan fingerprint density at radius 1 is 1.22 bits per heavy atom. The van der Waals surface area contributed by atoms with E-state index in [2.05, 4.69) is 36.4 Å². The molecule has 2 aliphatic rings. The van der Waals surface area contributed by atoms with Crippen LogP contribution in [0.2, 0.25) is 0 Å². The van der Waals surface area contributed by atoms with E-state index >= 15 is 0 Å². The summed E-state index contributed by atoms with van der Waals surface area (Å²) in [5, 5.41) is 8.96. The fraction of sp³-hybridized carbons (Fsp3) is 0.588. The number of hydrogen-bond acceptors (Lipinski definition) is 5. The monoisotopic (exact) mass is 367 g/mol. The third kappa shape index (κ3) is 4.24. The summed E-state index contributed by atoms with van der Waals surface area (Å²) in [6, 6.07) is 12.8. The van der Waals surface area contributed by atoms with Gasteiger partial charge in [-0.15, -0.1) is 0 Å². The molecule has 1 saturated carbocycles. The molecule has 0 radical (unpaired) electrons. The third-order valence-electron chi connectivity index (χ3n) is 4.49. The van der Waals surface area contributed by atoms with Crippen molar-refractivity contribution in [1.82, 2.24) is 0 Å². The van der Waals surface area contributed by atoms with Gasteiger partial charge in [0.05, 0.1) is 35.2 Å². The van der Waals surface area contributed by atoms with E-state index in [1.807, 2.05) is 21.6 Å². The van der Waals surface area contributed by atoms with Gasteiger partial charge in [0, 0.05) is 0 Å². The van der Waals surface area contributed by atoms with Gasteiger partial charge in [-0.05, 0) is 18.4 Å². The van der Waals surface area contributed by atoms with E-state index in [1.54, 1.807) is 0 Å².